The molecule has 0 aliphatic carbocycles. The number of carboxylic acids is 4. The van der Waals surface area contributed by atoms with Gasteiger partial charge in [-0.25, -0.2) is 19.2 Å². The SMILES string of the molecule is CCCCCC(NC(=O)BNCCCCC(NC(=O)NC(CCC(=O)O)C(=O)O)C(=O)O)C(=O)O. The predicted octanol–water partition coefficient (Wildman–Crippen LogP) is -0.0887. The minimum Gasteiger partial charge on any atom is -0.481 e. The van der Waals surface area contributed by atoms with Crippen molar-refractivity contribution >= 4 is 43.1 Å². The summed E-state index contributed by atoms with van der Waals surface area (Å²) >= 11 is 0. The molecule has 0 aliphatic rings. The number of aliphatic carboxylic acids is 4. The monoisotopic (exact) mass is 502 g/mol. The molecule has 0 fully saturated rings. The largest absolute Gasteiger partial charge is 0.481 e. The summed E-state index contributed by atoms with van der Waals surface area (Å²) in [6.45, 7) is 2.33. The van der Waals surface area contributed by atoms with Crippen LogP contribution in [0, 0.1) is 0 Å². The van der Waals surface area contributed by atoms with Crippen molar-refractivity contribution in [3.63, 3.8) is 0 Å². The summed E-state index contributed by atoms with van der Waals surface area (Å²) in [5.41, 5.74) is 0. The third kappa shape index (κ3) is 16.0. The number of carboxylic acid groups (broad SMARTS) is 4. The lowest BCUT2D eigenvalue weighted by atomic mass is 9.92. The number of hydrogen-bond donors (Lipinski definition) is 8. The zero-order valence-corrected chi connectivity index (χ0v) is 19.7. The number of rotatable bonds is 20. The van der Waals surface area contributed by atoms with Gasteiger partial charge in [-0.15, -0.1) is 0 Å². The van der Waals surface area contributed by atoms with Gasteiger partial charge in [-0.2, -0.15) is 0 Å². The first-order valence-corrected chi connectivity index (χ1v) is 11.4. The molecule has 0 rings (SSSR count). The zero-order valence-electron chi connectivity index (χ0n) is 19.7. The standard InChI is InChI=1S/C20H35BN4O10/c1-2-3-4-7-12(16(28)29)23-19(34)21-22-11-6-5-8-13(17(30)31)24-20(35)25-14(18(32)33)9-10-15(26)27/h12-14,21-22H,2-11H2,1H3,(H,23,34)(H,26,27)(H,28,29)(H,30,31)(H,32,33)(H2,24,25,35). The number of unbranched alkanes of at least 4 members (excludes halogenated alkanes) is 3. The van der Waals surface area contributed by atoms with Gasteiger partial charge in [0.05, 0.1) is 0 Å². The van der Waals surface area contributed by atoms with Crippen LogP contribution in [0.4, 0.5) is 9.59 Å². The maximum atomic E-state index is 12.0. The third-order valence-electron chi connectivity index (χ3n) is 4.97. The van der Waals surface area contributed by atoms with Crippen molar-refractivity contribution in [2.24, 2.45) is 0 Å². The smallest absolute Gasteiger partial charge is 0.326 e. The van der Waals surface area contributed by atoms with Gasteiger partial charge in [0.25, 0.3) is 0 Å². The van der Waals surface area contributed by atoms with Crippen molar-refractivity contribution in [2.75, 3.05) is 6.54 Å². The molecule has 14 nitrogen and oxygen atoms in total. The van der Waals surface area contributed by atoms with E-state index in [1.807, 2.05) is 12.2 Å². The Morgan fingerprint density at radius 1 is 0.686 bits per heavy atom. The number of amides is 3. The van der Waals surface area contributed by atoms with E-state index in [0.29, 0.717) is 32.2 Å². The van der Waals surface area contributed by atoms with E-state index in [9.17, 15) is 39.0 Å². The van der Waals surface area contributed by atoms with E-state index in [1.54, 1.807) is 0 Å². The molecule has 0 saturated carbocycles. The zero-order chi connectivity index (χ0) is 26.8. The normalized spacial score (nSPS) is 13.1. The fraction of sp³-hybridized carbons (Fsp3) is 0.700. The summed E-state index contributed by atoms with van der Waals surface area (Å²) in [5.74, 6) is -5.57. The lowest BCUT2D eigenvalue weighted by molar-refractivity contribution is -0.141. The van der Waals surface area contributed by atoms with E-state index in [4.69, 9.17) is 10.2 Å². The molecule has 0 saturated heterocycles. The van der Waals surface area contributed by atoms with E-state index >= 15 is 0 Å². The Balaban J connectivity index is 4.33. The maximum absolute atomic E-state index is 12.0. The molecule has 15 heteroatoms. The Morgan fingerprint density at radius 3 is 1.66 bits per heavy atom. The van der Waals surface area contributed by atoms with Crippen molar-refractivity contribution in [1.82, 2.24) is 21.2 Å². The van der Waals surface area contributed by atoms with Crippen LogP contribution in [-0.2, 0) is 19.2 Å². The average molecular weight is 502 g/mol. The van der Waals surface area contributed by atoms with E-state index in [2.05, 4.69) is 15.9 Å². The van der Waals surface area contributed by atoms with Gasteiger partial charge in [0, 0.05) is 6.42 Å². The quantitative estimate of drug-likeness (QED) is 0.0809. The first kappa shape index (κ1) is 31.6. The second-order valence-corrected chi connectivity index (χ2v) is 7.96. The number of carbonyl (C=O) groups is 6. The van der Waals surface area contributed by atoms with Crippen LogP contribution in [0.25, 0.3) is 0 Å². The van der Waals surface area contributed by atoms with Crippen LogP contribution in [-0.4, -0.2) is 88.2 Å². The van der Waals surface area contributed by atoms with Crippen molar-refractivity contribution in [3.05, 3.63) is 0 Å². The third-order valence-corrected chi connectivity index (χ3v) is 4.97. The Morgan fingerprint density at radius 2 is 1.17 bits per heavy atom. The highest BCUT2D eigenvalue weighted by Gasteiger charge is 2.25. The molecule has 3 atom stereocenters. The molecule has 198 valence electrons. The van der Waals surface area contributed by atoms with Crippen molar-refractivity contribution in [2.45, 2.75) is 82.8 Å². The average Bonchev–Trinajstić information content (AvgIpc) is 2.76. The number of urea groups is 1. The van der Waals surface area contributed by atoms with E-state index < -0.39 is 60.3 Å². The Labute approximate surface area is 203 Å². The summed E-state index contributed by atoms with van der Waals surface area (Å²) in [7, 11) is -0.104. The summed E-state index contributed by atoms with van der Waals surface area (Å²) in [6, 6.07) is -4.78. The molecule has 3 unspecified atom stereocenters. The molecule has 0 aliphatic heterocycles. The summed E-state index contributed by atoms with van der Waals surface area (Å²) in [6.07, 6.45) is 2.83. The first-order chi connectivity index (χ1) is 16.5. The lowest BCUT2D eigenvalue weighted by Crippen LogP contribution is -2.51. The van der Waals surface area contributed by atoms with E-state index in [1.165, 1.54) is 0 Å². The summed E-state index contributed by atoms with van der Waals surface area (Å²) < 4.78 is 0. The van der Waals surface area contributed by atoms with Gasteiger partial charge >= 0.3 is 37.3 Å². The molecule has 0 bridgehead atoms. The Hall–Kier alpha value is -3.36. The second kappa shape index (κ2) is 18.0. The van der Waals surface area contributed by atoms with E-state index in [-0.39, 0.29) is 20.3 Å². The molecule has 0 spiro atoms. The molecule has 0 heterocycles. The van der Waals surface area contributed by atoms with Gasteiger partial charge in [-0.3, -0.25) is 9.59 Å². The minimum absolute atomic E-state index is 0.0298. The Bertz CT molecular complexity index is 737. The number of carbonyl (C=O) groups excluding carboxylic acids is 2. The molecule has 0 aromatic carbocycles. The molecule has 0 aromatic heterocycles. The molecule has 0 aromatic rings. The van der Waals surface area contributed by atoms with Crippen molar-refractivity contribution < 1.29 is 49.2 Å². The van der Waals surface area contributed by atoms with Crippen LogP contribution >= 0.6 is 0 Å². The van der Waals surface area contributed by atoms with Gasteiger partial charge < -0.3 is 41.6 Å². The van der Waals surface area contributed by atoms with Gasteiger partial charge in [-0.05, 0) is 38.6 Å². The topological polar surface area (TPSA) is 231 Å². The first-order valence-electron chi connectivity index (χ1n) is 11.4. The van der Waals surface area contributed by atoms with Crippen molar-refractivity contribution in [3.8, 4) is 0 Å². The highest BCUT2D eigenvalue weighted by molar-refractivity contribution is 6.71. The Kier molecular flexibility index (Phi) is 16.3. The van der Waals surface area contributed by atoms with Crippen LogP contribution in [0.2, 0.25) is 0 Å². The van der Waals surface area contributed by atoms with E-state index in [0.717, 1.165) is 12.8 Å². The predicted molar refractivity (Wildman–Crippen MR) is 124 cm³/mol. The van der Waals surface area contributed by atoms with Crippen LogP contribution < -0.4 is 21.2 Å². The molecule has 35 heavy (non-hydrogen) atoms. The summed E-state index contributed by atoms with van der Waals surface area (Å²) in [5, 5.41) is 45.6. The summed E-state index contributed by atoms with van der Waals surface area (Å²) in [4.78, 5) is 68.2. The van der Waals surface area contributed by atoms with Gasteiger partial charge in [0.2, 0.25) is 0 Å². The van der Waals surface area contributed by atoms with Crippen molar-refractivity contribution in [1.29, 1.82) is 0 Å². The molecular formula is C20H35BN4O10. The van der Waals surface area contributed by atoms with Gasteiger partial charge in [0.1, 0.15) is 18.1 Å². The maximum Gasteiger partial charge on any atom is 0.326 e. The van der Waals surface area contributed by atoms with Gasteiger partial charge in [0.15, 0.2) is 5.81 Å². The minimum atomic E-state index is -1.48. The number of hydrogen-bond acceptors (Lipinski definition) is 7. The molecular weight excluding hydrogens is 467 g/mol. The molecule has 8 N–H and O–H groups in total. The second-order valence-electron chi connectivity index (χ2n) is 7.96. The molecule has 0 radical (unpaired) electrons. The van der Waals surface area contributed by atoms with Crippen LogP contribution in [0.5, 0.6) is 0 Å². The van der Waals surface area contributed by atoms with Crippen LogP contribution in [0.15, 0.2) is 0 Å². The fourth-order valence-electron chi connectivity index (χ4n) is 3.04. The lowest BCUT2D eigenvalue weighted by Gasteiger charge is -2.18. The van der Waals surface area contributed by atoms with Crippen LogP contribution in [0.1, 0.15) is 64.7 Å². The fourth-order valence-corrected chi connectivity index (χ4v) is 3.04. The van der Waals surface area contributed by atoms with Gasteiger partial charge in [-0.1, -0.05) is 26.2 Å². The number of nitrogens with one attached hydrogen (secondary N) is 4. The molecule has 3 amide bonds. The van der Waals surface area contributed by atoms with Crippen LogP contribution in [0.3, 0.4) is 0 Å². The highest BCUT2D eigenvalue weighted by Crippen LogP contribution is 2.04. The highest BCUT2D eigenvalue weighted by atomic mass is 16.4.